The molecular formula is C18H15BrN2O2. The highest BCUT2D eigenvalue weighted by molar-refractivity contribution is 9.10. The average Bonchev–Trinajstić information content (AvgIpc) is 2.59. The maximum Gasteiger partial charge on any atom is 0.267 e. The third-order valence-electron chi connectivity index (χ3n) is 3.51. The van der Waals surface area contributed by atoms with Crippen molar-refractivity contribution in [3.63, 3.8) is 0 Å². The van der Waals surface area contributed by atoms with Crippen molar-refractivity contribution in [2.75, 3.05) is 7.11 Å². The third-order valence-corrected chi connectivity index (χ3v) is 4.28. The van der Waals surface area contributed by atoms with Crippen molar-refractivity contribution in [3.05, 3.63) is 81.1 Å². The molecule has 0 N–H and O–H groups in total. The van der Waals surface area contributed by atoms with Crippen molar-refractivity contribution in [1.29, 1.82) is 0 Å². The smallest absolute Gasteiger partial charge is 0.267 e. The molecule has 0 spiro atoms. The topological polar surface area (TPSA) is 44.1 Å². The van der Waals surface area contributed by atoms with Gasteiger partial charge in [-0.3, -0.25) is 4.79 Å². The van der Waals surface area contributed by atoms with E-state index in [9.17, 15) is 4.79 Å². The maximum absolute atomic E-state index is 12.1. The first-order valence-electron chi connectivity index (χ1n) is 7.13. The highest BCUT2D eigenvalue weighted by Crippen LogP contribution is 2.21. The zero-order valence-electron chi connectivity index (χ0n) is 12.6. The van der Waals surface area contributed by atoms with E-state index < -0.39 is 0 Å². The summed E-state index contributed by atoms with van der Waals surface area (Å²) < 4.78 is 7.67. The summed E-state index contributed by atoms with van der Waals surface area (Å²) in [7, 11) is 1.63. The second-order valence-corrected chi connectivity index (χ2v) is 5.89. The van der Waals surface area contributed by atoms with E-state index in [4.69, 9.17) is 4.74 Å². The van der Waals surface area contributed by atoms with Gasteiger partial charge in [-0.1, -0.05) is 46.3 Å². The van der Waals surface area contributed by atoms with Crippen LogP contribution in [0.1, 0.15) is 5.56 Å². The number of ether oxygens (including phenoxy) is 1. The molecule has 5 heteroatoms. The van der Waals surface area contributed by atoms with E-state index in [2.05, 4.69) is 21.0 Å². The molecule has 1 aromatic heterocycles. The van der Waals surface area contributed by atoms with Gasteiger partial charge in [0.15, 0.2) is 0 Å². The fraction of sp³-hybridized carbons (Fsp3) is 0.111. The predicted molar refractivity (Wildman–Crippen MR) is 93.7 cm³/mol. The highest BCUT2D eigenvalue weighted by Gasteiger charge is 2.07. The number of rotatable bonds is 4. The summed E-state index contributed by atoms with van der Waals surface area (Å²) >= 11 is 3.50. The normalized spacial score (nSPS) is 10.5. The molecule has 3 aromatic rings. The van der Waals surface area contributed by atoms with Crippen LogP contribution in [-0.2, 0) is 6.54 Å². The number of methoxy groups -OCH3 is 1. The number of hydrogen-bond donors (Lipinski definition) is 0. The lowest BCUT2D eigenvalue weighted by molar-refractivity contribution is 0.415. The molecule has 4 nitrogen and oxygen atoms in total. The first-order valence-corrected chi connectivity index (χ1v) is 7.92. The summed E-state index contributed by atoms with van der Waals surface area (Å²) in [5.74, 6) is 0.757. The van der Waals surface area contributed by atoms with Crippen LogP contribution in [0.2, 0.25) is 0 Å². The molecular weight excluding hydrogens is 356 g/mol. The van der Waals surface area contributed by atoms with E-state index in [0.29, 0.717) is 6.54 Å². The summed E-state index contributed by atoms with van der Waals surface area (Å²) in [6.45, 7) is 0.415. The summed E-state index contributed by atoms with van der Waals surface area (Å²) in [6.07, 6.45) is 0. The monoisotopic (exact) mass is 370 g/mol. The fourth-order valence-electron chi connectivity index (χ4n) is 2.29. The molecule has 0 saturated heterocycles. The van der Waals surface area contributed by atoms with Crippen molar-refractivity contribution in [2.24, 2.45) is 0 Å². The van der Waals surface area contributed by atoms with Crippen LogP contribution in [0.15, 0.2) is 69.9 Å². The van der Waals surface area contributed by atoms with Crippen LogP contribution in [0.25, 0.3) is 11.3 Å². The minimum Gasteiger partial charge on any atom is -0.497 e. The molecule has 0 bridgehead atoms. The van der Waals surface area contributed by atoms with Gasteiger partial charge in [0.1, 0.15) is 5.75 Å². The lowest BCUT2D eigenvalue weighted by Crippen LogP contribution is -2.23. The van der Waals surface area contributed by atoms with Gasteiger partial charge < -0.3 is 4.74 Å². The molecule has 0 aliphatic heterocycles. The van der Waals surface area contributed by atoms with Crippen molar-refractivity contribution < 1.29 is 4.74 Å². The Hall–Kier alpha value is -2.40. The van der Waals surface area contributed by atoms with Crippen molar-refractivity contribution in [3.8, 4) is 17.0 Å². The Morgan fingerprint density at radius 3 is 2.70 bits per heavy atom. The molecule has 2 aromatic carbocycles. The van der Waals surface area contributed by atoms with Gasteiger partial charge >= 0.3 is 0 Å². The molecule has 116 valence electrons. The van der Waals surface area contributed by atoms with Crippen LogP contribution >= 0.6 is 15.9 Å². The molecule has 23 heavy (non-hydrogen) atoms. The van der Waals surface area contributed by atoms with Crippen LogP contribution in [0.3, 0.4) is 0 Å². The average molecular weight is 371 g/mol. The Morgan fingerprint density at radius 2 is 1.91 bits per heavy atom. The number of nitrogens with zero attached hydrogens (tertiary/aromatic N) is 2. The van der Waals surface area contributed by atoms with Crippen LogP contribution < -0.4 is 10.3 Å². The summed E-state index contributed by atoms with van der Waals surface area (Å²) in [4.78, 5) is 12.1. The van der Waals surface area contributed by atoms with Gasteiger partial charge in [-0.15, -0.1) is 0 Å². The molecule has 1 heterocycles. The molecule has 0 radical (unpaired) electrons. The summed E-state index contributed by atoms with van der Waals surface area (Å²) in [6, 6.07) is 18.7. The Kier molecular flexibility index (Phi) is 4.57. The highest BCUT2D eigenvalue weighted by atomic mass is 79.9. The van der Waals surface area contributed by atoms with Crippen LogP contribution in [-0.4, -0.2) is 16.9 Å². The van der Waals surface area contributed by atoms with E-state index in [1.807, 2.05) is 48.5 Å². The number of benzene rings is 2. The van der Waals surface area contributed by atoms with Gasteiger partial charge in [-0.05, 0) is 29.8 Å². The lowest BCUT2D eigenvalue weighted by Gasteiger charge is -2.09. The van der Waals surface area contributed by atoms with Crippen LogP contribution in [0.5, 0.6) is 5.75 Å². The Labute approximate surface area is 142 Å². The van der Waals surface area contributed by atoms with Crippen molar-refractivity contribution in [1.82, 2.24) is 9.78 Å². The largest absolute Gasteiger partial charge is 0.497 e. The number of hydrogen-bond acceptors (Lipinski definition) is 3. The van der Waals surface area contributed by atoms with Gasteiger partial charge in [-0.25, -0.2) is 4.68 Å². The van der Waals surface area contributed by atoms with Crippen molar-refractivity contribution in [2.45, 2.75) is 6.54 Å². The van der Waals surface area contributed by atoms with E-state index in [1.165, 1.54) is 4.68 Å². The Morgan fingerprint density at radius 1 is 1.09 bits per heavy atom. The number of aromatic nitrogens is 2. The van der Waals surface area contributed by atoms with E-state index in [0.717, 1.165) is 27.0 Å². The standard InChI is InChI=1S/C18H15BrN2O2/c1-23-15-7-4-6-13(11-15)17-9-10-18(22)21(20-17)12-14-5-2-3-8-16(14)19/h2-11H,12H2,1H3. The van der Waals surface area contributed by atoms with Gasteiger partial charge in [-0.2, -0.15) is 5.10 Å². The minimum absolute atomic E-state index is 0.132. The van der Waals surface area contributed by atoms with Gasteiger partial charge in [0.2, 0.25) is 0 Å². The van der Waals surface area contributed by atoms with E-state index >= 15 is 0 Å². The van der Waals surface area contributed by atoms with Crippen LogP contribution in [0, 0.1) is 0 Å². The quantitative estimate of drug-likeness (QED) is 0.702. The second kappa shape index (κ2) is 6.79. The predicted octanol–water partition coefficient (Wildman–Crippen LogP) is 3.73. The second-order valence-electron chi connectivity index (χ2n) is 5.04. The summed E-state index contributed by atoms with van der Waals surface area (Å²) in [5.41, 5.74) is 2.51. The first kappa shape index (κ1) is 15.5. The molecule has 0 atom stereocenters. The summed E-state index contributed by atoms with van der Waals surface area (Å²) in [5, 5.41) is 4.48. The first-order chi connectivity index (χ1) is 11.2. The molecule has 0 amide bonds. The maximum atomic E-state index is 12.1. The van der Waals surface area contributed by atoms with Crippen LogP contribution in [0.4, 0.5) is 0 Å². The molecule has 0 fully saturated rings. The molecule has 0 aliphatic rings. The molecule has 0 aliphatic carbocycles. The fourth-order valence-corrected chi connectivity index (χ4v) is 2.70. The lowest BCUT2D eigenvalue weighted by atomic mass is 10.1. The molecule has 3 rings (SSSR count). The minimum atomic E-state index is -0.132. The van der Waals surface area contributed by atoms with E-state index in [1.54, 1.807) is 19.2 Å². The van der Waals surface area contributed by atoms with Gasteiger partial charge in [0.25, 0.3) is 5.56 Å². The molecule has 0 unspecified atom stereocenters. The third kappa shape index (κ3) is 3.51. The Balaban J connectivity index is 1.99. The molecule has 0 saturated carbocycles. The van der Waals surface area contributed by atoms with Gasteiger partial charge in [0, 0.05) is 16.1 Å². The SMILES string of the molecule is COc1cccc(-c2ccc(=O)n(Cc3ccccc3Br)n2)c1. The van der Waals surface area contributed by atoms with Gasteiger partial charge in [0.05, 0.1) is 19.3 Å². The van der Waals surface area contributed by atoms with Crippen molar-refractivity contribution >= 4 is 15.9 Å². The van der Waals surface area contributed by atoms with E-state index in [-0.39, 0.29) is 5.56 Å². The zero-order valence-corrected chi connectivity index (χ0v) is 14.2. The zero-order chi connectivity index (χ0) is 16.2. The Bertz CT molecular complexity index is 890. The number of halogens is 1.